The first-order valence-electron chi connectivity index (χ1n) is 5.20. The van der Waals surface area contributed by atoms with Crippen LogP contribution in [0.15, 0.2) is 30.6 Å². The number of carbonyl (C=O) groups excluding carboxylic acids is 1. The number of carbonyl (C=O) groups is 1. The van der Waals surface area contributed by atoms with E-state index in [9.17, 15) is 14.9 Å². The SMILES string of the molecule is O=C(Nc1ccnc(Cl)c1)c1cc(Cl)ncc1[N+](=O)[O-]. The van der Waals surface area contributed by atoms with Gasteiger partial charge in [-0.15, -0.1) is 0 Å². The average Bonchev–Trinajstić information content (AvgIpc) is 2.38. The number of nitro groups is 1. The van der Waals surface area contributed by atoms with Crippen LogP contribution in [0.25, 0.3) is 0 Å². The van der Waals surface area contributed by atoms with Crippen molar-refractivity contribution in [3.05, 3.63) is 56.6 Å². The minimum absolute atomic E-state index is 0.0199. The van der Waals surface area contributed by atoms with Crippen molar-refractivity contribution in [2.24, 2.45) is 0 Å². The van der Waals surface area contributed by atoms with E-state index in [4.69, 9.17) is 23.2 Å². The molecule has 1 N–H and O–H groups in total. The molecular weight excluding hydrogens is 307 g/mol. The molecule has 0 bridgehead atoms. The molecule has 0 saturated carbocycles. The monoisotopic (exact) mass is 312 g/mol. The summed E-state index contributed by atoms with van der Waals surface area (Å²) in [6.45, 7) is 0. The van der Waals surface area contributed by atoms with Crippen molar-refractivity contribution >= 4 is 40.5 Å². The van der Waals surface area contributed by atoms with E-state index in [1.165, 1.54) is 18.3 Å². The lowest BCUT2D eigenvalue weighted by atomic mass is 10.2. The van der Waals surface area contributed by atoms with Crippen LogP contribution in [0.1, 0.15) is 10.4 Å². The number of halogens is 2. The molecule has 0 aliphatic carbocycles. The third-order valence-corrected chi connectivity index (χ3v) is 2.69. The Kier molecular flexibility index (Phi) is 4.11. The van der Waals surface area contributed by atoms with Gasteiger partial charge < -0.3 is 5.32 Å². The van der Waals surface area contributed by atoms with Gasteiger partial charge in [0.25, 0.3) is 11.6 Å². The summed E-state index contributed by atoms with van der Waals surface area (Å²) in [5.74, 6) is -0.691. The Labute approximate surface area is 122 Å². The summed E-state index contributed by atoms with van der Waals surface area (Å²) in [5, 5.41) is 13.5. The van der Waals surface area contributed by atoms with Gasteiger partial charge in [-0.1, -0.05) is 23.2 Å². The zero-order chi connectivity index (χ0) is 14.7. The number of hydrogen-bond donors (Lipinski definition) is 1. The largest absolute Gasteiger partial charge is 0.322 e. The molecule has 102 valence electrons. The van der Waals surface area contributed by atoms with Crippen LogP contribution in [-0.4, -0.2) is 20.8 Å². The summed E-state index contributed by atoms with van der Waals surface area (Å²) < 4.78 is 0. The maximum atomic E-state index is 12.0. The number of nitrogens with one attached hydrogen (secondary N) is 1. The van der Waals surface area contributed by atoms with E-state index in [-0.39, 0.29) is 15.9 Å². The maximum Gasteiger partial charge on any atom is 0.300 e. The Morgan fingerprint density at radius 3 is 2.60 bits per heavy atom. The zero-order valence-corrected chi connectivity index (χ0v) is 11.2. The number of hydrogen-bond acceptors (Lipinski definition) is 5. The van der Waals surface area contributed by atoms with Gasteiger partial charge in [0.1, 0.15) is 22.1 Å². The van der Waals surface area contributed by atoms with E-state index < -0.39 is 16.5 Å². The number of aromatic nitrogens is 2. The van der Waals surface area contributed by atoms with Crippen LogP contribution in [0.4, 0.5) is 11.4 Å². The quantitative estimate of drug-likeness (QED) is 0.533. The second-order valence-corrected chi connectivity index (χ2v) is 4.38. The molecule has 0 radical (unpaired) electrons. The highest BCUT2D eigenvalue weighted by molar-refractivity contribution is 6.30. The molecule has 7 nitrogen and oxygen atoms in total. The first-order valence-corrected chi connectivity index (χ1v) is 5.96. The van der Waals surface area contributed by atoms with Gasteiger partial charge in [0.15, 0.2) is 0 Å². The lowest BCUT2D eigenvalue weighted by molar-refractivity contribution is -0.385. The summed E-state index contributed by atoms with van der Waals surface area (Å²) in [7, 11) is 0. The van der Waals surface area contributed by atoms with Crippen LogP contribution >= 0.6 is 23.2 Å². The minimum Gasteiger partial charge on any atom is -0.322 e. The van der Waals surface area contributed by atoms with Gasteiger partial charge in [-0.05, 0) is 18.2 Å². The van der Waals surface area contributed by atoms with Crippen molar-refractivity contribution < 1.29 is 9.72 Å². The molecule has 1 amide bonds. The molecule has 0 aliphatic heterocycles. The van der Waals surface area contributed by atoms with Crippen LogP contribution in [0.5, 0.6) is 0 Å². The molecule has 0 aliphatic rings. The fourth-order valence-corrected chi connectivity index (χ4v) is 1.76. The zero-order valence-electron chi connectivity index (χ0n) is 9.71. The number of nitrogens with zero attached hydrogens (tertiary/aromatic N) is 3. The fraction of sp³-hybridized carbons (Fsp3) is 0. The van der Waals surface area contributed by atoms with E-state index >= 15 is 0 Å². The molecule has 2 rings (SSSR count). The molecule has 0 spiro atoms. The molecule has 20 heavy (non-hydrogen) atoms. The van der Waals surface area contributed by atoms with Crippen molar-refractivity contribution in [2.45, 2.75) is 0 Å². The van der Waals surface area contributed by atoms with Crippen LogP contribution in [0.2, 0.25) is 10.3 Å². The molecule has 0 saturated heterocycles. The van der Waals surface area contributed by atoms with Gasteiger partial charge in [-0.25, -0.2) is 9.97 Å². The average molecular weight is 313 g/mol. The molecule has 0 fully saturated rings. The highest BCUT2D eigenvalue weighted by atomic mass is 35.5. The minimum atomic E-state index is -0.711. The van der Waals surface area contributed by atoms with E-state index in [0.29, 0.717) is 5.69 Å². The normalized spacial score (nSPS) is 10.1. The van der Waals surface area contributed by atoms with Gasteiger partial charge in [0.05, 0.1) is 4.92 Å². The van der Waals surface area contributed by atoms with Crippen molar-refractivity contribution in [1.82, 2.24) is 9.97 Å². The summed E-state index contributed by atoms with van der Waals surface area (Å²) in [6, 6.07) is 4.03. The van der Waals surface area contributed by atoms with Crippen molar-refractivity contribution in [3.63, 3.8) is 0 Å². The molecule has 2 aromatic heterocycles. The molecular formula is C11H6Cl2N4O3. The van der Waals surface area contributed by atoms with Gasteiger partial charge in [0, 0.05) is 11.9 Å². The van der Waals surface area contributed by atoms with Crippen molar-refractivity contribution in [2.75, 3.05) is 5.32 Å². The third kappa shape index (κ3) is 3.19. The van der Waals surface area contributed by atoms with E-state index in [2.05, 4.69) is 15.3 Å². The summed E-state index contributed by atoms with van der Waals surface area (Å²) in [5.41, 5.74) is -0.271. The maximum absolute atomic E-state index is 12.0. The van der Waals surface area contributed by atoms with Crippen LogP contribution < -0.4 is 5.32 Å². The number of rotatable bonds is 3. The lowest BCUT2D eigenvalue weighted by Gasteiger charge is -2.06. The predicted octanol–water partition coefficient (Wildman–Crippen LogP) is 2.94. The fourth-order valence-electron chi connectivity index (χ4n) is 1.43. The van der Waals surface area contributed by atoms with E-state index in [1.807, 2.05) is 0 Å². The van der Waals surface area contributed by atoms with Gasteiger partial charge in [-0.2, -0.15) is 0 Å². The third-order valence-electron chi connectivity index (χ3n) is 2.28. The summed E-state index contributed by atoms with van der Waals surface area (Å²) in [4.78, 5) is 29.5. The predicted molar refractivity (Wildman–Crippen MR) is 73.1 cm³/mol. The topological polar surface area (TPSA) is 98.0 Å². The molecule has 0 aromatic carbocycles. The van der Waals surface area contributed by atoms with Gasteiger partial charge >= 0.3 is 0 Å². The Balaban J connectivity index is 2.34. The first kappa shape index (κ1) is 14.2. The summed E-state index contributed by atoms with van der Waals surface area (Å²) >= 11 is 11.3. The van der Waals surface area contributed by atoms with Crippen LogP contribution in [0, 0.1) is 10.1 Å². The molecule has 9 heteroatoms. The number of pyridine rings is 2. The molecule has 0 unspecified atom stereocenters. The van der Waals surface area contributed by atoms with Crippen molar-refractivity contribution in [3.8, 4) is 0 Å². The Hall–Kier alpha value is -2.25. The molecule has 2 heterocycles. The highest BCUT2D eigenvalue weighted by Crippen LogP contribution is 2.22. The Morgan fingerprint density at radius 2 is 1.95 bits per heavy atom. The second kappa shape index (κ2) is 5.81. The molecule has 2 aromatic rings. The second-order valence-electron chi connectivity index (χ2n) is 3.60. The number of amides is 1. The van der Waals surface area contributed by atoms with Gasteiger partial charge in [0.2, 0.25) is 0 Å². The van der Waals surface area contributed by atoms with E-state index in [0.717, 1.165) is 12.3 Å². The van der Waals surface area contributed by atoms with E-state index in [1.54, 1.807) is 0 Å². The number of anilines is 1. The summed E-state index contributed by atoms with van der Waals surface area (Å²) in [6.07, 6.45) is 2.32. The van der Waals surface area contributed by atoms with Crippen LogP contribution in [0.3, 0.4) is 0 Å². The standard InChI is InChI=1S/C11H6Cl2N4O3/c12-9-3-6(1-2-14-9)16-11(18)7-4-10(13)15-5-8(7)17(19)20/h1-5H,(H,14,16,18). The molecule has 0 atom stereocenters. The van der Waals surface area contributed by atoms with Crippen LogP contribution in [-0.2, 0) is 0 Å². The Morgan fingerprint density at radius 1 is 1.25 bits per heavy atom. The highest BCUT2D eigenvalue weighted by Gasteiger charge is 2.21. The Bertz CT molecular complexity index is 693. The first-order chi connectivity index (χ1) is 9.47. The lowest BCUT2D eigenvalue weighted by Crippen LogP contribution is -2.14. The van der Waals surface area contributed by atoms with Gasteiger partial charge in [-0.3, -0.25) is 14.9 Å². The van der Waals surface area contributed by atoms with Crippen molar-refractivity contribution in [1.29, 1.82) is 0 Å². The smallest absolute Gasteiger partial charge is 0.300 e.